The van der Waals surface area contributed by atoms with Gasteiger partial charge in [0, 0.05) is 6.07 Å². The van der Waals surface area contributed by atoms with Gasteiger partial charge in [-0.05, 0) is 12.1 Å². The van der Waals surface area contributed by atoms with Crippen molar-refractivity contribution in [2.24, 2.45) is 21.8 Å². The van der Waals surface area contributed by atoms with Crippen LogP contribution in [0.2, 0.25) is 0 Å². The summed E-state index contributed by atoms with van der Waals surface area (Å²) in [7, 11) is 1.27. The minimum absolute atomic E-state index is 0.0531. The normalized spacial score (nSPS) is 20.2. The van der Waals surface area contributed by atoms with E-state index >= 15 is 0 Å². The lowest BCUT2D eigenvalue weighted by atomic mass is 10.2. The Morgan fingerprint density at radius 2 is 2.10 bits per heavy atom. The van der Waals surface area contributed by atoms with Gasteiger partial charge in [0.1, 0.15) is 11.5 Å². The van der Waals surface area contributed by atoms with Crippen LogP contribution in [0.1, 0.15) is 5.56 Å². The van der Waals surface area contributed by atoms with Crippen molar-refractivity contribution in [3.63, 3.8) is 0 Å². The van der Waals surface area contributed by atoms with E-state index in [4.69, 9.17) is 16.3 Å². The molecule has 5 N–H and O–H groups in total. The molecule has 1 aliphatic heterocycles. The second-order valence-electron chi connectivity index (χ2n) is 4.17. The van der Waals surface area contributed by atoms with Crippen LogP contribution in [0.5, 0.6) is 5.75 Å². The lowest BCUT2D eigenvalue weighted by Gasteiger charge is -2.14. The maximum atomic E-state index is 12.8. The first-order valence-corrected chi connectivity index (χ1v) is 5.74. The van der Waals surface area contributed by atoms with E-state index in [0.717, 1.165) is 17.3 Å². The van der Waals surface area contributed by atoms with E-state index in [1.165, 1.54) is 19.4 Å². The number of nitrogens with one attached hydrogen (secondary N) is 1. The highest BCUT2D eigenvalue weighted by molar-refractivity contribution is 6.34. The van der Waals surface area contributed by atoms with Crippen LogP contribution in [0.3, 0.4) is 0 Å². The quantitative estimate of drug-likeness (QED) is 0.570. The Bertz CT molecular complexity index is 586. The summed E-state index contributed by atoms with van der Waals surface area (Å²) in [6, 6.07) is 3.17. The summed E-state index contributed by atoms with van der Waals surface area (Å²) >= 11 is 0. The molecule has 0 fully saturated rings. The largest absolute Gasteiger partial charge is 0.497 e. The van der Waals surface area contributed by atoms with E-state index < -0.39 is 17.9 Å². The van der Waals surface area contributed by atoms with Crippen LogP contribution in [0.15, 0.2) is 28.4 Å². The number of ether oxygens (including phenoxy) is 1. The predicted molar refractivity (Wildman–Crippen MR) is 71.5 cm³/mol. The van der Waals surface area contributed by atoms with Crippen LogP contribution >= 0.6 is 0 Å². The summed E-state index contributed by atoms with van der Waals surface area (Å²) < 4.78 is 43.1. The number of hydrazine groups is 1. The first kappa shape index (κ1) is 15.1. The molecule has 1 aliphatic rings. The monoisotopic (exact) mass is 302 g/mol. The van der Waals surface area contributed by atoms with Gasteiger partial charge in [-0.2, -0.15) is 23.4 Å². The zero-order chi connectivity index (χ0) is 15.6. The summed E-state index contributed by atoms with van der Waals surface area (Å²) in [6.07, 6.45) is -3.94. The van der Waals surface area contributed by atoms with Crippen molar-refractivity contribution < 1.29 is 17.9 Å². The van der Waals surface area contributed by atoms with Crippen LogP contribution < -0.4 is 21.7 Å². The molecule has 1 heterocycles. The third-order valence-corrected chi connectivity index (χ3v) is 2.70. The number of nitrogens with two attached hydrogens (primary N) is 2. The van der Waals surface area contributed by atoms with E-state index in [2.05, 4.69) is 15.6 Å². The number of alkyl halides is 3. The standard InChI is InChI=1S/C11H13F3N6O/c1-21-8-3-6(11(12,13)14)2-7(4-8)18-19-9-5-17-20(16)10(9)15/h2-5,10,18H,15-16H2,1H3. The van der Waals surface area contributed by atoms with Crippen molar-refractivity contribution in [1.82, 2.24) is 5.12 Å². The van der Waals surface area contributed by atoms with Crippen molar-refractivity contribution in [2.45, 2.75) is 12.3 Å². The average molecular weight is 302 g/mol. The fourth-order valence-corrected chi connectivity index (χ4v) is 1.58. The molecule has 0 aliphatic carbocycles. The molecule has 10 heteroatoms. The number of rotatable bonds is 3. The number of anilines is 1. The molecule has 1 unspecified atom stereocenters. The second-order valence-corrected chi connectivity index (χ2v) is 4.17. The molecule has 0 radical (unpaired) electrons. The Morgan fingerprint density at radius 1 is 1.38 bits per heavy atom. The molecule has 0 saturated carbocycles. The van der Waals surface area contributed by atoms with Gasteiger partial charge >= 0.3 is 6.18 Å². The molecule has 0 saturated heterocycles. The van der Waals surface area contributed by atoms with Gasteiger partial charge in [0.2, 0.25) is 0 Å². The smallest absolute Gasteiger partial charge is 0.416 e. The van der Waals surface area contributed by atoms with Crippen LogP contribution in [0.4, 0.5) is 18.9 Å². The van der Waals surface area contributed by atoms with Gasteiger partial charge < -0.3 is 10.5 Å². The van der Waals surface area contributed by atoms with Gasteiger partial charge in [-0.15, -0.1) is 0 Å². The second kappa shape index (κ2) is 5.58. The van der Waals surface area contributed by atoms with Crippen molar-refractivity contribution in [3.05, 3.63) is 23.8 Å². The Hall–Kier alpha value is -2.33. The average Bonchev–Trinajstić information content (AvgIpc) is 2.75. The first-order chi connectivity index (χ1) is 9.81. The van der Waals surface area contributed by atoms with Gasteiger partial charge in [0.15, 0.2) is 6.17 Å². The molecule has 0 bridgehead atoms. The highest BCUT2D eigenvalue weighted by Gasteiger charge is 2.31. The molecule has 21 heavy (non-hydrogen) atoms. The summed E-state index contributed by atoms with van der Waals surface area (Å²) in [5.41, 5.74) is 7.66. The molecule has 2 rings (SSSR count). The number of hydrogen-bond donors (Lipinski definition) is 3. The Labute approximate surface area is 118 Å². The first-order valence-electron chi connectivity index (χ1n) is 5.74. The number of halogens is 3. The fourth-order valence-electron chi connectivity index (χ4n) is 1.58. The molecule has 114 valence electrons. The third-order valence-electron chi connectivity index (χ3n) is 2.70. The minimum Gasteiger partial charge on any atom is -0.497 e. The van der Waals surface area contributed by atoms with Crippen molar-refractivity contribution in [1.29, 1.82) is 0 Å². The van der Waals surface area contributed by atoms with Crippen LogP contribution in [0.25, 0.3) is 0 Å². The van der Waals surface area contributed by atoms with Crippen LogP contribution in [-0.4, -0.2) is 30.3 Å². The Morgan fingerprint density at radius 3 is 2.62 bits per heavy atom. The minimum atomic E-state index is -4.49. The zero-order valence-corrected chi connectivity index (χ0v) is 10.9. The summed E-state index contributed by atoms with van der Waals surface area (Å²) in [5.74, 6) is 5.45. The molecule has 0 amide bonds. The maximum absolute atomic E-state index is 12.8. The van der Waals surface area contributed by atoms with Crippen molar-refractivity contribution in [2.75, 3.05) is 12.5 Å². The highest BCUT2D eigenvalue weighted by atomic mass is 19.4. The molecular formula is C11H13F3N6O. The Kier molecular flexibility index (Phi) is 4.00. The molecule has 1 atom stereocenters. The van der Waals surface area contributed by atoms with Crippen LogP contribution in [0, 0.1) is 0 Å². The van der Waals surface area contributed by atoms with E-state index in [9.17, 15) is 13.2 Å². The maximum Gasteiger partial charge on any atom is 0.416 e. The van der Waals surface area contributed by atoms with Gasteiger partial charge in [-0.1, -0.05) is 0 Å². The number of benzene rings is 1. The number of hydrogen-bond acceptors (Lipinski definition) is 7. The summed E-state index contributed by atoms with van der Waals surface area (Å²) in [5, 5.41) is 8.54. The van der Waals surface area contributed by atoms with Gasteiger partial charge in [0.05, 0.1) is 24.6 Å². The molecule has 1 aromatic carbocycles. The highest BCUT2D eigenvalue weighted by Crippen LogP contribution is 2.34. The van der Waals surface area contributed by atoms with E-state index in [0.29, 0.717) is 0 Å². The lowest BCUT2D eigenvalue weighted by Crippen LogP contribution is -2.44. The van der Waals surface area contributed by atoms with E-state index in [1.807, 2.05) is 0 Å². The Balaban J connectivity index is 2.24. The van der Waals surface area contributed by atoms with E-state index in [1.54, 1.807) is 0 Å². The number of hydrazone groups is 2. The predicted octanol–water partition coefficient (Wildman–Crippen LogP) is 0.942. The summed E-state index contributed by atoms with van der Waals surface area (Å²) in [6.45, 7) is 0. The fraction of sp³-hybridized carbons (Fsp3) is 0.273. The summed E-state index contributed by atoms with van der Waals surface area (Å²) in [4.78, 5) is 0. The van der Waals surface area contributed by atoms with Crippen LogP contribution in [-0.2, 0) is 6.18 Å². The molecular weight excluding hydrogens is 289 g/mol. The van der Waals surface area contributed by atoms with Crippen molar-refractivity contribution in [3.8, 4) is 5.75 Å². The molecule has 1 aromatic rings. The molecule has 7 nitrogen and oxygen atoms in total. The van der Waals surface area contributed by atoms with Gasteiger partial charge in [-0.25, -0.2) is 11.0 Å². The molecule has 0 aromatic heterocycles. The van der Waals surface area contributed by atoms with Crippen molar-refractivity contribution >= 4 is 17.6 Å². The topological polar surface area (TPSA) is 101 Å². The third kappa shape index (κ3) is 3.41. The zero-order valence-electron chi connectivity index (χ0n) is 10.9. The van der Waals surface area contributed by atoms with E-state index in [-0.39, 0.29) is 17.1 Å². The number of methoxy groups -OCH3 is 1. The SMILES string of the molecule is COc1cc(NN=C2C=NN(N)C2N)cc(C(F)(F)F)c1. The van der Waals surface area contributed by atoms with Gasteiger partial charge in [-0.3, -0.25) is 5.43 Å². The van der Waals surface area contributed by atoms with Gasteiger partial charge in [0.25, 0.3) is 0 Å². The molecule has 0 spiro atoms. The number of nitrogens with zero attached hydrogens (tertiary/aromatic N) is 3. The lowest BCUT2D eigenvalue weighted by molar-refractivity contribution is -0.137.